The van der Waals surface area contributed by atoms with Gasteiger partial charge in [0, 0.05) is 29.9 Å². The highest BCUT2D eigenvalue weighted by molar-refractivity contribution is 14.0. The zero-order valence-corrected chi connectivity index (χ0v) is 17.6. The topological polar surface area (TPSA) is 45.7 Å². The molecule has 2 N–H and O–H groups in total. The molecule has 4 nitrogen and oxygen atoms in total. The maximum atomic E-state index is 5.26. The van der Waals surface area contributed by atoms with Crippen LogP contribution >= 0.6 is 51.7 Å². The van der Waals surface area contributed by atoms with Crippen molar-refractivity contribution in [2.45, 2.75) is 24.6 Å². The van der Waals surface area contributed by atoms with Gasteiger partial charge in [-0.3, -0.25) is 4.99 Å². The molecule has 0 amide bonds. The lowest BCUT2D eigenvalue weighted by molar-refractivity contribution is 0.414. The van der Waals surface area contributed by atoms with Crippen LogP contribution in [-0.4, -0.2) is 37.7 Å². The summed E-state index contributed by atoms with van der Waals surface area (Å²) in [7, 11) is 3.48. The van der Waals surface area contributed by atoms with E-state index in [0.717, 1.165) is 28.3 Å². The predicted octanol–water partition coefficient (Wildman–Crippen LogP) is 3.64. The van der Waals surface area contributed by atoms with Crippen molar-refractivity contribution in [3.05, 3.63) is 28.2 Å². The fraction of sp³-hybridized carbons (Fsp3) is 0.533. The Morgan fingerprint density at radius 3 is 2.91 bits per heavy atom. The zero-order chi connectivity index (χ0) is 15.1. The van der Waals surface area contributed by atoms with E-state index in [1.165, 1.54) is 18.6 Å². The maximum absolute atomic E-state index is 5.26. The van der Waals surface area contributed by atoms with E-state index in [1.807, 2.05) is 30.0 Å². The van der Waals surface area contributed by atoms with Gasteiger partial charge in [0.2, 0.25) is 0 Å². The largest absolute Gasteiger partial charge is 0.497 e. The predicted molar refractivity (Wildman–Crippen MR) is 110 cm³/mol. The lowest BCUT2D eigenvalue weighted by Crippen LogP contribution is -2.39. The molecule has 1 saturated heterocycles. The van der Waals surface area contributed by atoms with Gasteiger partial charge in [-0.2, -0.15) is 11.8 Å². The molecular formula is C15H23BrIN3OS. The molecule has 0 saturated carbocycles. The highest BCUT2D eigenvalue weighted by Crippen LogP contribution is 2.25. The molecule has 1 aromatic carbocycles. The molecule has 1 fully saturated rings. The first kappa shape index (κ1) is 19.9. The summed E-state index contributed by atoms with van der Waals surface area (Å²) >= 11 is 5.61. The van der Waals surface area contributed by atoms with Crippen LogP contribution in [0.15, 0.2) is 27.7 Å². The van der Waals surface area contributed by atoms with Crippen molar-refractivity contribution in [2.75, 3.05) is 26.5 Å². The highest BCUT2D eigenvalue weighted by atomic mass is 127. The Hall–Kier alpha value is -0.150. The van der Waals surface area contributed by atoms with E-state index in [4.69, 9.17) is 4.74 Å². The smallest absolute Gasteiger partial charge is 0.191 e. The number of benzene rings is 1. The second kappa shape index (κ2) is 10.6. The molecule has 7 heteroatoms. The van der Waals surface area contributed by atoms with Gasteiger partial charge in [-0.25, -0.2) is 0 Å². The molecule has 0 bridgehead atoms. The molecule has 1 unspecified atom stereocenters. The number of rotatable bonds is 5. The summed E-state index contributed by atoms with van der Waals surface area (Å²) in [5.74, 6) is 2.99. The number of methoxy groups -OCH3 is 1. The van der Waals surface area contributed by atoms with Crippen molar-refractivity contribution in [3.8, 4) is 5.75 Å². The molecule has 1 aliphatic heterocycles. The van der Waals surface area contributed by atoms with Gasteiger partial charge in [0.25, 0.3) is 0 Å². The van der Waals surface area contributed by atoms with Gasteiger partial charge in [0.1, 0.15) is 5.75 Å². The fourth-order valence-electron chi connectivity index (χ4n) is 2.23. The number of halogens is 2. The van der Waals surface area contributed by atoms with Gasteiger partial charge in [0.05, 0.1) is 7.11 Å². The first-order valence-electron chi connectivity index (χ1n) is 7.11. The first-order chi connectivity index (χ1) is 10.2. The number of nitrogens with zero attached hydrogens (tertiary/aromatic N) is 1. The van der Waals surface area contributed by atoms with Gasteiger partial charge in [-0.1, -0.05) is 15.9 Å². The lowest BCUT2D eigenvalue weighted by Gasteiger charge is -2.15. The van der Waals surface area contributed by atoms with E-state index < -0.39 is 0 Å². The van der Waals surface area contributed by atoms with Gasteiger partial charge in [-0.15, -0.1) is 24.0 Å². The molecule has 0 aromatic heterocycles. The number of hydrogen-bond donors (Lipinski definition) is 2. The third-order valence-corrected chi connectivity index (χ3v) is 5.62. The highest BCUT2D eigenvalue weighted by Gasteiger charge is 2.15. The van der Waals surface area contributed by atoms with Crippen LogP contribution in [0, 0.1) is 0 Å². The number of hydrogen-bond acceptors (Lipinski definition) is 3. The van der Waals surface area contributed by atoms with E-state index in [-0.39, 0.29) is 24.0 Å². The zero-order valence-electron chi connectivity index (χ0n) is 12.9. The van der Waals surface area contributed by atoms with E-state index in [0.29, 0.717) is 11.8 Å². The van der Waals surface area contributed by atoms with Crippen LogP contribution < -0.4 is 15.4 Å². The minimum atomic E-state index is 0. The van der Waals surface area contributed by atoms with E-state index >= 15 is 0 Å². The summed E-state index contributed by atoms with van der Waals surface area (Å²) < 4.78 is 6.33. The number of guanidine groups is 1. The van der Waals surface area contributed by atoms with Gasteiger partial charge in [-0.05, 0) is 42.4 Å². The molecule has 1 aliphatic rings. The average molecular weight is 500 g/mol. The Morgan fingerprint density at radius 2 is 2.27 bits per heavy atom. The van der Waals surface area contributed by atoms with Crippen LogP contribution in [0.5, 0.6) is 5.75 Å². The van der Waals surface area contributed by atoms with Crippen LogP contribution in [-0.2, 0) is 6.54 Å². The molecule has 0 radical (unpaired) electrons. The van der Waals surface area contributed by atoms with Crippen molar-refractivity contribution >= 4 is 57.6 Å². The minimum absolute atomic E-state index is 0. The Kier molecular flexibility index (Phi) is 9.58. The van der Waals surface area contributed by atoms with Gasteiger partial charge >= 0.3 is 0 Å². The molecule has 0 aliphatic carbocycles. The molecule has 22 heavy (non-hydrogen) atoms. The third kappa shape index (κ3) is 6.16. The van der Waals surface area contributed by atoms with Crippen LogP contribution in [0.2, 0.25) is 0 Å². The monoisotopic (exact) mass is 499 g/mol. The molecule has 2 rings (SSSR count). The van der Waals surface area contributed by atoms with Crippen molar-refractivity contribution in [1.29, 1.82) is 0 Å². The van der Waals surface area contributed by atoms with Crippen molar-refractivity contribution in [1.82, 2.24) is 10.6 Å². The number of ether oxygens (including phenoxy) is 1. The normalized spacial score (nSPS) is 17.8. The Labute approximate surface area is 162 Å². The molecule has 1 atom stereocenters. The van der Waals surface area contributed by atoms with Crippen molar-refractivity contribution < 1.29 is 4.74 Å². The third-order valence-electron chi connectivity index (χ3n) is 3.44. The Bertz CT molecular complexity index is 496. The lowest BCUT2D eigenvalue weighted by atomic mass is 10.2. The summed E-state index contributed by atoms with van der Waals surface area (Å²) in [6, 6.07) is 5.97. The van der Waals surface area contributed by atoms with Crippen LogP contribution in [0.1, 0.15) is 18.4 Å². The standard InChI is InChI=1S/C15H22BrN3OS.HI/c1-17-15(19-10-13-4-3-7-21-13)18-9-11-8-12(20-2)5-6-14(11)16;/h5-6,8,13H,3-4,7,9-10H2,1-2H3,(H2,17,18,19);1H. The second-order valence-electron chi connectivity index (χ2n) is 4.90. The van der Waals surface area contributed by atoms with Gasteiger partial charge < -0.3 is 15.4 Å². The second-order valence-corrected chi connectivity index (χ2v) is 7.16. The Morgan fingerprint density at radius 1 is 1.45 bits per heavy atom. The summed E-state index contributed by atoms with van der Waals surface area (Å²) in [5, 5.41) is 7.46. The molecule has 0 spiro atoms. The molecular weight excluding hydrogens is 477 g/mol. The van der Waals surface area contributed by atoms with Gasteiger partial charge in [0.15, 0.2) is 5.96 Å². The first-order valence-corrected chi connectivity index (χ1v) is 8.95. The fourth-order valence-corrected chi connectivity index (χ4v) is 3.82. The van der Waals surface area contributed by atoms with Crippen LogP contribution in [0.4, 0.5) is 0 Å². The summed E-state index contributed by atoms with van der Waals surface area (Å²) in [6.45, 7) is 1.68. The molecule has 124 valence electrons. The van der Waals surface area contributed by atoms with Crippen LogP contribution in [0.3, 0.4) is 0 Å². The number of aliphatic imine (C=N–C) groups is 1. The summed E-state index contributed by atoms with van der Waals surface area (Å²) in [6.07, 6.45) is 2.63. The number of thioether (sulfide) groups is 1. The Balaban J connectivity index is 0.00000242. The van der Waals surface area contributed by atoms with E-state index in [9.17, 15) is 0 Å². The number of nitrogens with one attached hydrogen (secondary N) is 2. The average Bonchev–Trinajstić information content (AvgIpc) is 3.02. The SMILES string of the molecule is CN=C(NCc1cc(OC)ccc1Br)NCC1CCCS1.I. The summed E-state index contributed by atoms with van der Waals surface area (Å²) in [4.78, 5) is 4.27. The maximum Gasteiger partial charge on any atom is 0.191 e. The quantitative estimate of drug-likeness (QED) is 0.369. The minimum Gasteiger partial charge on any atom is -0.497 e. The summed E-state index contributed by atoms with van der Waals surface area (Å²) in [5.41, 5.74) is 1.15. The van der Waals surface area contributed by atoms with E-state index in [2.05, 4.69) is 31.6 Å². The molecule has 1 aromatic rings. The van der Waals surface area contributed by atoms with Crippen LogP contribution in [0.25, 0.3) is 0 Å². The van der Waals surface area contributed by atoms with Crippen molar-refractivity contribution in [3.63, 3.8) is 0 Å². The molecule has 1 heterocycles. The van der Waals surface area contributed by atoms with Crippen molar-refractivity contribution in [2.24, 2.45) is 4.99 Å². The van der Waals surface area contributed by atoms with E-state index in [1.54, 1.807) is 14.2 Å².